The van der Waals surface area contributed by atoms with Gasteiger partial charge in [0.2, 0.25) is 0 Å². The smallest absolute Gasteiger partial charge is 0.184 e. The second-order valence-corrected chi connectivity index (χ2v) is 7.03. The molecule has 0 radical (unpaired) electrons. The highest BCUT2D eigenvalue weighted by atomic mass is 35.5. The largest absolute Gasteiger partial charge is 0.329 e. The van der Waals surface area contributed by atoms with E-state index in [4.69, 9.17) is 17.3 Å². The zero-order valence-electron chi connectivity index (χ0n) is 9.00. The van der Waals surface area contributed by atoms with Crippen LogP contribution in [0, 0.1) is 5.82 Å². The van der Waals surface area contributed by atoms with Crippen LogP contribution in [0.15, 0.2) is 23.1 Å². The first-order valence-corrected chi connectivity index (χ1v) is 6.48. The lowest BCUT2D eigenvalue weighted by Gasteiger charge is -2.22. The van der Waals surface area contributed by atoms with E-state index in [9.17, 15) is 12.8 Å². The third kappa shape index (κ3) is 2.21. The molecule has 0 amide bonds. The summed E-state index contributed by atoms with van der Waals surface area (Å²) in [6, 6.07) is 3.32. The summed E-state index contributed by atoms with van der Waals surface area (Å²) in [6.07, 6.45) is 0. The Morgan fingerprint density at radius 2 is 2.00 bits per heavy atom. The number of benzene rings is 1. The number of sulfone groups is 1. The van der Waals surface area contributed by atoms with Gasteiger partial charge >= 0.3 is 0 Å². The van der Waals surface area contributed by atoms with E-state index in [2.05, 4.69) is 0 Å². The van der Waals surface area contributed by atoms with Crippen LogP contribution >= 0.6 is 11.6 Å². The van der Waals surface area contributed by atoms with E-state index in [1.807, 2.05) is 0 Å². The van der Waals surface area contributed by atoms with Gasteiger partial charge in [0.25, 0.3) is 0 Å². The molecule has 0 saturated carbocycles. The highest BCUT2D eigenvalue weighted by Gasteiger charge is 2.34. The van der Waals surface area contributed by atoms with Gasteiger partial charge in [0, 0.05) is 6.54 Å². The molecule has 2 N–H and O–H groups in total. The lowest BCUT2D eigenvalue weighted by atomic mass is 10.2. The van der Waals surface area contributed by atoms with E-state index < -0.39 is 20.4 Å². The van der Waals surface area contributed by atoms with Crippen LogP contribution in [0.5, 0.6) is 0 Å². The van der Waals surface area contributed by atoms with Gasteiger partial charge in [0.1, 0.15) is 5.82 Å². The van der Waals surface area contributed by atoms with Crippen LogP contribution < -0.4 is 5.73 Å². The topological polar surface area (TPSA) is 60.2 Å². The molecule has 0 aliphatic rings. The van der Waals surface area contributed by atoms with Gasteiger partial charge in [-0.15, -0.1) is 0 Å². The molecule has 0 atom stereocenters. The molecule has 1 rings (SSSR count). The lowest BCUT2D eigenvalue weighted by Crippen LogP contribution is -2.39. The second-order valence-electron chi connectivity index (χ2n) is 4.04. The maximum Gasteiger partial charge on any atom is 0.184 e. The van der Waals surface area contributed by atoms with Crippen molar-refractivity contribution in [3.05, 3.63) is 29.0 Å². The SMILES string of the molecule is CC(C)(CN)S(=O)(=O)c1ccc(F)c(Cl)c1. The van der Waals surface area contributed by atoms with Gasteiger partial charge in [-0.1, -0.05) is 11.6 Å². The monoisotopic (exact) mass is 265 g/mol. The van der Waals surface area contributed by atoms with Gasteiger partial charge in [-0.3, -0.25) is 0 Å². The van der Waals surface area contributed by atoms with Crippen LogP contribution in [0.4, 0.5) is 4.39 Å². The molecule has 0 unspecified atom stereocenters. The van der Waals surface area contributed by atoms with Crippen LogP contribution in [0.2, 0.25) is 5.02 Å². The molecule has 0 spiro atoms. The molecule has 16 heavy (non-hydrogen) atoms. The molecule has 90 valence electrons. The van der Waals surface area contributed by atoms with Crippen molar-refractivity contribution in [1.29, 1.82) is 0 Å². The number of hydrogen-bond donors (Lipinski definition) is 1. The van der Waals surface area contributed by atoms with Gasteiger partial charge in [0.05, 0.1) is 14.7 Å². The van der Waals surface area contributed by atoms with Gasteiger partial charge < -0.3 is 5.73 Å². The summed E-state index contributed by atoms with van der Waals surface area (Å²) in [5.41, 5.74) is 5.41. The molecule has 3 nitrogen and oxygen atoms in total. The molecule has 0 saturated heterocycles. The number of hydrogen-bond acceptors (Lipinski definition) is 3. The third-order valence-electron chi connectivity index (χ3n) is 2.42. The van der Waals surface area contributed by atoms with Crippen LogP contribution in [0.1, 0.15) is 13.8 Å². The molecule has 0 fully saturated rings. The van der Waals surface area contributed by atoms with Crippen LogP contribution in [-0.2, 0) is 9.84 Å². The Morgan fingerprint density at radius 3 is 2.44 bits per heavy atom. The van der Waals surface area contributed by atoms with Crippen molar-refractivity contribution < 1.29 is 12.8 Å². The molecule has 6 heteroatoms. The van der Waals surface area contributed by atoms with Crippen molar-refractivity contribution in [2.75, 3.05) is 6.54 Å². The molecule has 0 aromatic heterocycles. The van der Waals surface area contributed by atoms with E-state index in [0.717, 1.165) is 12.1 Å². The normalized spacial score (nSPS) is 12.8. The molecule has 0 bridgehead atoms. The number of rotatable bonds is 3. The number of halogens is 2. The first-order chi connectivity index (χ1) is 7.22. The van der Waals surface area contributed by atoms with E-state index in [0.29, 0.717) is 0 Å². The average molecular weight is 266 g/mol. The van der Waals surface area contributed by atoms with Gasteiger partial charge in [-0.25, -0.2) is 12.8 Å². The Kier molecular flexibility index (Phi) is 3.62. The zero-order chi connectivity index (χ0) is 12.6. The van der Waals surface area contributed by atoms with Crippen molar-refractivity contribution in [1.82, 2.24) is 0 Å². The molecule has 1 aromatic carbocycles. The molecular formula is C10H13ClFNO2S. The van der Waals surface area contributed by atoms with E-state index >= 15 is 0 Å². The summed E-state index contributed by atoms with van der Waals surface area (Å²) >= 11 is 5.54. The Morgan fingerprint density at radius 1 is 1.44 bits per heavy atom. The quantitative estimate of drug-likeness (QED) is 0.851. The summed E-state index contributed by atoms with van der Waals surface area (Å²) in [5.74, 6) is -0.647. The molecule has 0 aliphatic carbocycles. The minimum atomic E-state index is -3.60. The molecule has 0 heterocycles. The van der Waals surface area contributed by atoms with Gasteiger partial charge in [0.15, 0.2) is 9.84 Å². The Bertz CT molecular complexity index is 500. The first-order valence-electron chi connectivity index (χ1n) is 4.62. The van der Waals surface area contributed by atoms with Crippen molar-refractivity contribution in [2.24, 2.45) is 5.73 Å². The predicted molar refractivity (Wildman–Crippen MR) is 61.7 cm³/mol. The Balaban J connectivity index is 3.34. The fourth-order valence-electron chi connectivity index (χ4n) is 1.07. The third-order valence-corrected chi connectivity index (χ3v) is 5.21. The lowest BCUT2D eigenvalue weighted by molar-refractivity contribution is 0.548. The standard InChI is InChI=1S/C10H13ClFNO2S/c1-10(2,6-13)16(14,15)7-3-4-9(12)8(11)5-7/h3-5H,6,13H2,1-2H3. The zero-order valence-corrected chi connectivity index (χ0v) is 10.6. The Hall–Kier alpha value is -0.650. The fraction of sp³-hybridized carbons (Fsp3) is 0.400. The van der Waals surface area contributed by atoms with Crippen molar-refractivity contribution in [3.63, 3.8) is 0 Å². The van der Waals surface area contributed by atoms with Crippen molar-refractivity contribution in [2.45, 2.75) is 23.5 Å². The maximum absolute atomic E-state index is 12.9. The van der Waals surface area contributed by atoms with Crippen LogP contribution in [0.25, 0.3) is 0 Å². The fourth-order valence-corrected chi connectivity index (χ4v) is 2.70. The summed E-state index contributed by atoms with van der Waals surface area (Å²) in [4.78, 5) is -0.0191. The van der Waals surface area contributed by atoms with E-state index in [1.54, 1.807) is 0 Å². The number of nitrogens with two attached hydrogens (primary N) is 1. The van der Waals surface area contributed by atoms with Gasteiger partial charge in [-0.05, 0) is 32.0 Å². The van der Waals surface area contributed by atoms with E-state index in [1.165, 1.54) is 19.9 Å². The highest BCUT2D eigenvalue weighted by Crippen LogP contribution is 2.27. The molecule has 1 aromatic rings. The highest BCUT2D eigenvalue weighted by molar-refractivity contribution is 7.92. The summed E-state index contributed by atoms with van der Waals surface area (Å²) in [5, 5.41) is -0.214. The predicted octanol–water partition coefficient (Wildman–Crippen LogP) is 1.99. The average Bonchev–Trinajstić information content (AvgIpc) is 2.21. The second kappa shape index (κ2) is 4.31. The molecule has 0 aliphatic heterocycles. The van der Waals surface area contributed by atoms with Gasteiger partial charge in [-0.2, -0.15) is 0 Å². The van der Waals surface area contributed by atoms with Crippen LogP contribution in [0.3, 0.4) is 0 Å². The van der Waals surface area contributed by atoms with Crippen molar-refractivity contribution >= 4 is 21.4 Å². The minimum absolute atomic E-state index is 0.0191. The Labute approximate surface area is 99.3 Å². The molecular weight excluding hydrogens is 253 g/mol. The van der Waals surface area contributed by atoms with Crippen LogP contribution in [-0.4, -0.2) is 19.7 Å². The summed E-state index contributed by atoms with van der Waals surface area (Å²) in [6.45, 7) is 3.00. The maximum atomic E-state index is 12.9. The summed E-state index contributed by atoms with van der Waals surface area (Å²) in [7, 11) is -3.60. The minimum Gasteiger partial charge on any atom is -0.329 e. The van der Waals surface area contributed by atoms with E-state index in [-0.39, 0.29) is 16.5 Å². The van der Waals surface area contributed by atoms with Crippen molar-refractivity contribution in [3.8, 4) is 0 Å². The summed E-state index contributed by atoms with van der Waals surface area (Å²) < 4.78 is 36.0. The first kappa shape index (κ1) is 13.4.